The average molecular weight is 400 g/mol. The third-order valence-electron chi connectivity index (χ3n) is 3.26. The highest BCUT2D eigenvalue weighted by Gasteiger charge is 2.22. The van der Waals surface area contributed by atoms with E-state index in [9.17, 15) is 13.8 Å². The summed E-state index contributed by atoms with van der Waals surface area (Å²) in [6, 6.07) is 11.0. The minimum atomic E-state index is -1.36. The second-order valence-corrected chi connectivity index (χ2v) is 7.30. The second kappa shape index (κ2) is 8.47. The van der Waals surface area contributed by atoms with E-state index >= 15 is 0 Å². The fraction of sp³-hybridized carbons (Fsp3) is 0.176. The van der Waals surface area contributed by atoms with E-state index in [2.05, 4.69) is 5.32 Å². The van der Waals surface area contributed by atoms with Crippen LogP contribution in [0.5, 0.6) is 0 Å². The minimum absolute atomic E-state index is 0.156. The molecule has 0 bridgehead atoms. The van der Waals surface area contributed by atoms with Crippen molar-refractivity contribution in [2.75, 3.05) is 11.6 Å². The van der Waals surface area contributed by atoms with Gasteiger partial charge in [0.05, 0.1) is 32.0 Å². The van der Waals surface area contributed by atoms with Crippen LogP contribution in [0.3, 0.4) is 0 Å². The molecule has 2 aromatic rings. The number of rotatable bonds is 5. The van der Waals surface area contributed by atoms with E-state index < -0.39 is 28.8 Å². The Morgan fingerprint density at radius 2 is 1.84 bits per heavy atom. The third-order valence-corrected chi connectivity index (χ3v) is 4.80. The van der Waals surface area contributed by atoms with Crippen molar-refractivity contribution < 1.29 is 18.5 Å². The molecule has 2 rings (SSSR count). The molecular formula is C17H15Cl2NO4S. The molecule has 0 aliphatic rings. The van der Waals surface area contributed by atoms with Crippen molar-refractivity contribution in [3.63, 3.8) is 0 Å². The third kappa shape index (κ3) is 5.04. The summed E-state index contributed by atoms with van der Waals surface area (Å²) in [5.41, 5.74) is 0.473. The number of carbonyl (C=O) groups is 2. The van der Waals surface area contributed by atoms with Gasteiger partial charge in [0.25, 0.3) is 5.91 Å². The lowest BCUT2D eigenvalue weighted by molar-refractivity contribution is -0.123. The van der Waals surface area contributed by atoms with Crippen molar-refractivity contribution in [2.24, 2.45) is 0 Å². The molecule has 0 aromatic heterocycles. The maximum Gasteiger partial charge on any atom is 0.340 e. The molecule has 25 heavy (non-hydrogen) atoms. The fourth-order valence-electron chi connectivity index (χ4n) is 1.99. The van der Waals surface area contributed by atoms with Crippen LogP contribution in [-0.2, 0) is 20.3 Å². The van der Waals surface area contributed by atoms with Crippen LogP contribution in [0.15, 0.2) is 47.4 Å². The van der Waals surface area contributed by atoms with Crippen molar-refractivity contribution in [2.45, 2.75) is 17.9 Å². The average Bonchev–Trinajstić information content (AvgIpc) is 2.57. The van der Waals surface area contributed by atoms with E-state index in [1.807, 2.05) is 0 Å². The molecule has 5 nitrogen and oxygen atoms in total. The van der Waals surface area contributed by atoms with Crippen molar-refractivity contribution in [3.8, 4) is 0 Å². The Morgan fingerprint density at radius 3 is 2.52 bits per heavy atom. The highest BCUT2D eigenvalue weighted by Crippen LogP contribution is 2.25. The quantitative estimate of drug-likeness (QED) is 0.773. The zero-order chi connectivity index (χ0) is 18.6. The summed E-state index contributed by atoms with van der Waals surface area (Å²) >= 11 is 11.9. The van der Waals surface area contributed by atoms with Gasteiger partial charge in [-0.1, -0.05) is 35.3 Å². The van der Waals surface area contributed by atoms with Crippen LogP contribution in [0.1, 0.15) is 17.3 Å². The summed E-state index contributed by atoms with van der Waals surface area (Å²) < 4.78 is 16.9. The van der Waals surface area contributed by atoms with Crippen molar-refractivity contribution >= 4 is 51.6 Å². The number of benzene rings is 2. The number of hydrogen-bond donors (Lipinski definition) is 1. The van der Waals surface area contributed by atoms with Crippen molar-refractivity contribution in [1.82, 2.24) is 0 Å². The van der Waals surface area contributed by atoms with Gasteiger partial charge in [-0.3, -0.25) is 9.00 Å². The molecule has 2 aromatic carbocycles. The molecule has 0 saturated heterocycles. The molecule has 1 amide bonds. The normalized spacial score (nSPS) is 13.0. The monoisotopic (exact) mass is 399 g/mol. The number of nitrogens with one attached hydrogen (secondary N) is 1. The Kier molecular flexibility index (Phi) is 6.58. The van der Waals surface area contributed by atoms with Gasteiger partial charge in [0, 0.05) is 11.3 Å². The summed E-state index contributed by atoms with van der Waals surface area (Å²) in [5.74, 6) is -1.29. The van der Waals surface area contributed by atoms with Crippen LogP contribution in [0.25, 0.3) is 0 Å². The summed E-state index contributed by atoms with van der Waals surface area (Å²) in [5, 5.41) is 3.27. The van der Waals surface area contributed by atoms with Crippen LogP contribution < -0.4 is 5.32 Å². The Labute approximate surface area is 157 Å². The van der Waals surface area contributed by atoms with Crippen LogP contribution in [0.2, 0.25) is 10.0 Å². The van der Waals surface area contributed by atoms with Crippen molar-refractivity contribution in [3.05, 3.63) is 58.1 Å². The Balaban J connectivity index is 2.10. The number of amides is 1. The standard InChI is InChI=1S/C17H15Cl2NO4S/c1-10(16(21)20-14-9-11(18)7-8-13(14)19)24-17(22)12-5-3-4-6-15(12)25(2)23/h3-10H,1-2H3,(H,20,21)/t10-,25-/m1/s1. The van der Waals surface area contributed by atoms with E-state index in [0.29, 0.717) is 20.6 Å². The second-order valence-electron chi connectivity index (χ2n) is 5.11. The minimum Gasteiger partial charge on any atom is -0.449 e. The maximum absolute atomic E-state index is 12.3. The Morgan fingerprint density at radius 1 is 1.16 bits per heavy atom. The van der Waals surface area contributed by atoms with E-state index in [4.69, 9.17) is 27.9 Å². The predicted molar refractivity (Wildman–Crippen MR) is 98.7 cm³/mol. The molecule has 132 valence electrons. The first-order valence-electron chi connectivity index (χ1n) is 7.19. The molecule has 0 aliphatic heterocycles. The SMILES string of the molecule is C[C@@H](OC(=O)c1ccccc1[S@@](C)=O)C(=O)Nc1cc(Cl)ccc1Cl. The molecule has 0 saturated carbocycles. The number of hydrogen-bond acceptors (Lipinski definition) is 4. The molecule has 0 spiro atoms. The molecule has 8 heteroatoms. The lowest BCUT2D eigenvalue weighted by atomic mass is 10.2. The van der Waals surface area contributed by atoms with Gasteiger partial charge in [0.1, 0.15) is 0 Å². The van der Waals surface area contributed by atoms with E-state index in [0.717, 1.165) is 0 Å². The topological polar surface area (TPSA) is 72.5 Å². The first-order valence-corrected chi connectivity index (χ1v) is 9.50. The fourth-order valence-corrected chi connectivity index (χ4v) is 3.06. The van der Waals surface area contributed by atoms with Crippen LogP contribution >= 0.6 is 23.2 Å². The van der Waals surface area contributed by atoms with Gasteiger partial charge >= 0.3 is 5.97 Å². The largest absolute Gasteiger partial charge is 0.449 e. The van der Waals surface area contributed by atoms with Gasteiger partial charge in [0.2, 0.25) is 0 Å². The Hall–Kier alpha value is -1.89. The number of carbonyl (C=O) groups excluding carboxylic acids is 2. The highest BCUT2D eigenvalue weighted by molar-refractivity contribution is 7.84. The summed E-state index contributed by atoms with van der Waals surface area (Å²) in [4.78, 5) is 24.8. The van der Waals surface area contributed by atoms with Gasteiger partial charge in [-0.25, -0.2) is 4.79 Å². The zero-order valence-electron chi connectivity index (χ0n) is 13.4. The molecule has 0 unspecified atom stereocenters. The first-order chi connectivity index (χ1) is 11.8. The van der Waals surface area contributed by atoms with Crippen LogP contribution in [0, 0.1) is 0 Å². The Bertz CT molecular complexity index is 841. The first kappa shape index (κ1) is 19.4. The summed E-state index contributed by atoms with van der Waals surface area (Å²) in [7, 11) is -1.36. The lowest BCUT2D eigenvalue weighted by Gasteiger charge is -2.15. The molecule has 0 aliphatic carbocycles. The predicted octanol–water partition coefficient (Wildman–Crippen LogP) is 3.91. The lowest BCUT2D eigenvalue weighted by Crippen LogP contribution is -2.30. The van der Waals surface area contributed by atoms with E-state index in [1.54, 1.807) is 30.3 Å². The van der Waals surface area contributed by atoms with Crippen LogP contribution in [0.4, 0.5) is 5.69 Å². The molecular weight excluding hydrogens is 385 g/mol. The molecule has 1 N–H and O–H groups in total. The molecule has 2 atom stereocenters. The van der Waals surface area contributed by atoms with E-state index in [-0.39, 0.29) is 5.56 Å². The van der Waals surface area contributed by atoms with Gasteiger partial charge < -0.3 is 10.1 Å². The molecule has 0 heterocycles. The van der Waals surface area contributed by atoms with Gasteiger partial charge in [-0.15, -0.1) is 0 Å². The van der Waals surface area contributed by atoms with Gasteiger partial charge in [0.15, 0.2) is 6.10 Å². The number of halogens is 2. The zero-order valence-corrected chi connectivity index (χ0v) is 15.7. The van der Waals surface area contributed by atoms with Gasteiger partial charge in [-0.05, 0) is 37.3 Å². The molecule has 0 fully saturated rings. The van der Waals surface area contributed by atoms with Crippen LogP contribution in [-0.4, -0.2) is 28.4 Å². The number of ether oxygens (including phenoxy) is 1. The smallest absolute Gasteiger partial charge is 0.340 e. The number of esters is 1. The maximum atomic E-state index is 12.3. The van der Waals surface area contributed by atoms with Gasteiger partial charge in [-0.2, -0.15) is 0 Å². The van der Waals surface area contributed by atoms with E-state index in [1.165, 1.54) is 25.3 Å². The molecule has 0 radical (unpaired) electrons. The highest BCUT2D eigenvalue weighted by atomic mass is 35.5. The number of anilines is 1. The summed E-state index contributed by atoms with van der Waals surface area (Å²) in [6.07, 6.45) is 0.379. The van der Waals surface area contributed by atoms with Crippen molar-refractivity contribution in [1.29, 1.82) is 0 Å². The summed E-state index contributed by atoms with van der Waals surface area (Å²) in [6.45, 7) is 1.43.